The van der Waals surface area contributed by atoms with Gasteiger partial charge in [-0.15, -0.1) is 6.42 Å². The van der Waals surface area contributed by atoms with E-state index in [0.29, 0.717) is 24.3 Å². The van der Waals surface area contributed by atoms with E-state index in [1.807, 2.05) is 18.2 Å². The molecule has 0 aliphatic heterocycles. The lowest BCUT2D eigenvalue weighted by Gasteiger charge is -2.58. The largest absolute Gasteiger partial charge is 0.385 e. The first-order valence-electron chi connectivity index (χ1n) is 13.7. The molecule has 3 saturated carbocycles. The van der Waals surface area contributed by atoms with Gasteiger partial charge in [0.05, 0.1) is 5.71 Å². The van der Waals surface area contributed by atoms with Crippen molar-refractivity contribution < 1.29 is 14.7 Å². The molecule has 4 aliphatic carbocycles. The molecule has 1 aromatic carbocycles. The third-order valence-electron chi connectivity index (χ3n) is 10.3. The summed E-state index contributed by atoms with van der Waals surface area (Å²) in [5, 5.41) is 18.4. The van der Waals surface area contributed by atoms with Gasteiger partial charge in [0.1, 0.15) is 5.60 Å². The van der Waals surface area contributed by atoms with Crippen molar-refractivity contribution in [2.75, 3.05) is 13.2 Å². The molecule has 0 bridgehead atoms. The van der Waals surface area contributed by atoms with E-state index in [0.717, 1.165) is 63.5 Å². The third-order valence-corrected chi connectivity index (χ3v) is 10.3. The van der Waals surface area contributed by atoms with Crippen LogP contribution < -0.4 is 5.32 Å². The molecular weight excluding hydrogens is 448 g/mol. The fraction of sp³-hybridized carbons (Fsp3) is 0.613. The molecule has 0 heterocycles. The SMILES string of the molecule is C#C[C@@]1(O)CCC2[C@@H]3CCC4=CC(=NOCC(=O)NCCc5ccccc5)CC[C@]4(C)C3CC[C@@]21C. The Morgan fingerprint density at radius 1 is 1.14 bits per heavy atom. The highest BCUT2D eigenvalue weighted by Crippen LogP contribution is 2.67. The molecule has 6 atom stereocenters. The molecule has 4 aliphatic rings. The van der Waals surface area contributed by atoms with Crippen LogP contribution in [0.3, 0.4) is 0 Å². The summed E-state index contributed by atoms with van der Waals surface area (Å²) in [6.45, 7) is 5.22. The highest BCUT2D eigenvalue weighted by Gasteiger charge is 2.63. The van der Waals surface area contributed by atoms with E-state index in [1.165, 1.54) is 11.1 Å². The summed E-state index contributed by atoms with van der Waals surface area (Å²) < 4.78 is 0. The summed E-state index contributed by atoms with van der Waals surface area (Å²) >= 11 is 0. The van der Waals surface area contributed by atoms with E-state index < -0.39 is 5.60 Å². The zero-order valence-corrected chi connectivity index (χ0v) is 21.8. The minimum atomic E-state index is -0.947. The van der Waals surface area contributed by atoms with Crippen molar-refractivity contribution >= 4 is 11.6 Å². The van der Waals surface area contributed by atoms with Crippen molar-refractivity contribution in [3.05, 3.63) is 47.5 Å². The molecule has 192 valence electrons. The number of hydrogen-bond acceptors (Lipinski definition) is 4. The maximum atomic E-state index is 12.1. The Morgan fingerprint density at radius 2 is 1.92 bits per heavy atom. The van der Waals surface area contributed by atoms with Gasteiger partial charge in [-0.25, -0.2) is 0 Å². The van der Waals surface area contributed by atoms with Crippen LogP contribution >= 0.6 is 0 Å². The second-order valence-electron chi connectivity index (χ2n) is 11.9. The van der Waals surface area contributed by atoms with Gasteiger partial charge in [0.2, 0.25) is 0 Å². The summed E-state index contributed by atoms with van der Waals surface area (Å²) in [5.74, 6) is 4.41. The fourth-order valence-corrected chi connectivity index (χ4v) is 8.11. The Hall–Kier alpha value is -2.58. The highest BCUT2D eigenvalue weighted by atomic mass is 16.6. The van der Waals surface area contributed by atoms with Crippen molar-refractivity contribution in [1.29, 1.82) is 0 Å². The smallest absolute Gasteiger partial charge is 0.260 e. The van der Waals surface area contributed by atoms with Crippen LogP contribution in [0.5, 0.6) is 0 Å². The Labute approximate surface area is 215 Å². The summed E-state index contributed by atoms with van der Waals surface area (Å²) in [5.41, 5.74) is 2.70. The van der Waals surface area contributed by atoms with Gasteiger partial charge in [0, 0.05) is 12.0 Å². The molecular formula is C31H40N2O3. The number of allylic oxidation sites excluding steroid dienone is 2. The minimum Gasteiger partial charge on any atom is -0.385 e. The molecule has 0 saturated heterocycles. The molecule has 1 aromatic rings. The Kier molecular flexibility index (Phi) is 6.76. The number of benzene rings is 1. The molecule has 0 aromatic heterocycles. The van der Waals surface area contributed by atoms with E-state index in [1.54, 1.807) is 0 Å². The molecule has 1 amide bonds. The van der Waals surface area contributed by atoms with Crippen LogP contribution in [0, 0.1) is 40.9 Å². The van der Waals surface area contributed by atoms with Gasteiger partial charge in [-0.3, -0.25) is 4.79 Å². The summed E-state index contributed by atoms with van der Waals surface area (Å²) in [6.07, 6.45) is 16.9. The van der Waals surface area contributed by atoms with E-state index in [-0.39, 0.29) is 23.3 Å². The predicted molar refractivity (Wildman–Crippen MR) is 142 cm³/mol. The number of carbonyl (C=O) groups excluding carboxylic acids is 1. The van der Waals surface area contributed by atoms with Crippen LogP contribution in [-0.2, 0) is 16.1 Å². The van der Waals surface area contributed by atoms with Crippen LogP contribution in [-0.4, -0.2) is 35.5 Å². The zero-order chi connectivity index (χ0) is 25.4. The van der Waals surface area contributed by atoms with Gasteiger partial charge in [-0.2, -0.15) is 0 Å². The number of rotatable bonds is 6. The van der Waals surface area contributed by atoms with Crippen molar-refractivity contribution in [1.82, 2.24) is 5.32 Å². The normalized spacial score (nSPS) is 38.2. The molecule has 5 rings (SSSR count). The van der Waals surface area contributed by atoms with Crippen molar-refractivity contribution in [2.45, 2.75) is 77.2 Å². The van der Waals surface area contributed by atoms with Gasteiger partial charge in [-0.05, 0) is 92.6 Å². The van der Waals surface area contributed by atoms with Crippen molar-refractivity contribution in [2.24, 2.45) is 33.7 Å². The first-order chi connectivity index (χ1) is 17.3. The Balaban J connectivity index is 1.17. The topological polar surface area (TPSA) is 70.9 Å². The number of fused-ring (bicyclic) bond motifs is 5. The molecule has 5 heteroatoms. The third kappa shape index (κ3) is 4.28. The second-order valence-corrected chi connectivity index (χ2v) is 11.9. The number of terminal acetylenes is 1. The van der Waals surface area contributed by atoms with Gasteiger partial charge in [-0.1, -0.05) is 60.8 Å². The lowest BCUT2D eigenvalue weighted by atomic mass is 9.46. The molecule has 5 nitrogen and oxygen atoms in total. The number of hydrogen-bond donors (Lipinski definition) is 2. The predicted octanol–water partition coefficient (Wildman–Crippen LogP) is 5.05. The monoisotopic (exact) mass is 488 g/mol. The number of nitrogens with one attached hydrogen (secondary N) is 1. The lowest BCUT2D eigenvalue weighted by Crippen LogP contribution is -2.54. The van der Waals surface area contributed by atoms with Crippen molar-refractivity contribution in [3.63, 3.8) is 0 Å². The van der Waals surface area contributed by atoms with E-state index >= 15 is 0 Å². The first-order valence-corrected chi connectivity index (χ1v) is 13.7. The average Bonchev–Trinajstić information content (AvgIpc) is 3.16. The quantitative estimate of drug-likeness (QED) is 0.435. The summed E-state index contributed by atoms with van der Waals surface area (Å²) in [4.78, 5) is 17.6. The van der Waals surface area contributed by atoms with E-state index in [2.05, 4.69) is 48.4 Å². The maximum Gasteiger partial charge on any atom is 0.260 e. The van der Waals surface area contributed by atoms with Crippen LogP contribution in [0.25, 0.3) is 0 Å². The fourth-order valence-electron chi connectivity index (χ4n) is 8.11. The zero-order valence-electron chi connectivity index (χ0n) is 21.8. The standard InChI is InChI=1S/C31H40N2O3/c1-4-31(35)18-14-27-25-11-10-23-20-24(12-16-29(23,2)26(25)13-17-30(27,31)3)33-36-21-28(34)32-19-15-22-8-6-5-7-9-22/h1,5-9,20,25-27,35H,10-19,21H2,2-3H3,(H,32,34)/t25-,26?,27?,29+,30+,31-/m1/s1. The molecule has 2 N–H and O–H groups in total. The van der Waals surface area contributed by atoms with E-state index in [4.69, 9.17) is 11.3 Å². The Bertz CT molecular complexity index is 1090. The number of carbonyl (C=O) groups is 1. The first kappa shape index (κ1) is 25.1. The lowest BCUT2D eigenvalue weighted by molar-refractivity contribution is -0.125. The van der Waals surface area contributed by atoms with Gasteiger partial charge < -0.3 is 15.3 Å². The number of amides is 1. The maximum absolute atomic E-state index is 12.1. The summed E-state index contributed by atoms with van der Waals surface area (Å²) in [6, 6.07) is 10.1. The van der Waals surface area contributed by atoms with E-state index in [9.17, 15) is 9.90 Å². The molecule has 0 spiro atoms. The Morgan fingerprint density at radius 3 is 2.69 bits per heavy atom. The summed E-state index contributed by atoms with van der Waals surface area (Å²) in [7, 11) is 0. The molecule has 0 radical (unpaired) electrons. The van der Waals surface area contributed by atoms with Crippen LogP contribution in [0.2, 0.25) is 0 Å². The van der Waals surface area contributed by atoms with Crippen LogP contribution in [0.15, 0.2) is 47.1 Å². The molecule has 36 heavy (non-hydrogen) atoms. The number of oxime groups is 1. The second kappa shape index (κ2) is 9.71. The minimum absolute atomic E-state index is 0.0538. The van der Waals surface area contributed by atoms with Crippen LogP contribution in [0.4, 0.5) is 0 Å². The molecule has 2 unspecified atom stereocenters. The van der Waals surface area contributed by atoms with Gasteiger partial charge in [0.25, 0.3) is 5.91 Å². The van der Waals surface area contributed by atoms with Crippen LogP contribution in [0.1, 0.15) is 70.8 Å². The molecule has 3 fully saturated rings. The van der Waals surface area contributed by atoms with Gasteiger partial charge in [0.15, 0.2) is 6.61 Å². The number of nitrogens with zero attached hydrogens (tertiary/aromatic N) is 1. The average molecular weight is 489 g/mol. The highest BCUT2D eigenvalue weighted by molar-refractivity contribution is 5.96. The number of aliphatic hydroxyl groups is 1. The van der Waals surface area contributed by atoms with Gasteiger partial charge >= 0.3 is 0 Å². The van der Waals surface area contributed by atoms with Crippen molar-refractivity contribution in [3.8, 4) is 12.3 Å².